The van der Waals surface area contributed by atoms with Gasteiger partial charge in [-0.1, -0.05) is 20.8 Å². The molecule has 1 saturated carbocycles. The van der Waals surface area contributed by atoms with Crippen molar-refractivity contribution in [3.8, 4) is 0 Å². The summed E-state index contributed by atoms with van der Waals surface area (Å²) >= 11 is 0. The molecule has 2 unspecified atom stereocenters. The molecule has 0 aromatic rings. The van der Waals surface area contributed by atoms with Crippen LogP contribution in [0.4, 0.5) is 0 Å². The molecule has 0 aromatic carbocycles. The summed E-state index contributed by atoms with van der Waals surface area (Å²) in [5.74, 6) is 0.189. The van der Waals surface area contributed by atoms with Crippen LogP contribution in [0.25, 0.3) is 0 Å². The highest BCUT2D eigenvalue weighted by Crippen LogP contribution is 2.59. The minimum absolute atomic E-state index is 0.118. The summed E-state index contributed by atoms with van der Waals surface area (Å²) in [6.45, 7) is 6.19. The molecule has 0 amide bonds. The molecular weight excluding hydrogens is 280 g/mol. The standard InChI is InChI=1S/C18H22O4/c1-17(2)8-10(19)9-18(3)14(17)6-5-11-15(18)12(20)7-13(22-4)16(11)21/h7,14H,5-6,8-9H2,1-4H3. The molecule has 0 radical (unpaired) electrons. The van der Waals surface area contributed by atoms with Gasteiger partial charge in [0.05, 0.1) is 7.11 Å². The molecule has 1 fully saturated rings. The van der Waals surface area contributed by atoms with Crippen LogP contribution >= 0.6 is 0 Å². The van der Waals surface area contributed by atoms with Crippen LogP contribution in [0.3, 0.4) is 0 Å². The van der Waals surface area contributed by atoms with Gasteiger partial charge in [-0.3, -0.25) is 14.4 Å². The van der Waals surface area contributed by atoms with Gasteiger partial charge in [-0.2, -0.15) is 0 Å². The fourth-order valence-corrected chi connectivity index (χ4v) is 5.03. The van der Waals surface area contributed by atoms with E-state index in [4.69, 9.17) is 4.74 Å². The first kappa shape index (κ1) is 15.2. The number of ether oxygens (including phenoxy) is 1. The third kappa shape index (κ3) is 1.93. The Kier molecular flexibility index (Phi) is 3.21. The normalized spacial score (nSPS) is 34.1. The molecule has 2 atom stereocenters. The molecule has 3 rings (SSSR count). The van der Waals surface area contributed by atoms with Crippen molar-refractivity contribution in [3.05, 3.63) is 23.0 Å². The number of carbonyl (C=O) groups excluding carboxylic acids is 3. The molecule has 4 nitrogen and oxygen atoms in total. The maximum Gasteiger partial charge on any atom is 0.224 e. The Morgan fingerprint density at radius 1 is 1.14 bits per heavy atom. The van der Waals surface area contributed by atoms with E-state index in [2.05, 4.69) is 13.8 Å². The largest absolute Gasteiger partial charge is 0.493 e. The molecule has 3 aliphatic rings. The zero-order chi connectivity index (χ0) is 16.3. The Morgan fingerprint density at radius 2 is 1.82 bits per heavy atom. The van der Waals surface area contributed by atoms with Crippen molar-refractivity contribution in [2.45, 2.75) is 46.5 Å². The van der Waals surface area contributed by atoms with Gasteiger partial charge in [0.2, 0.25) is 5.78 Å². The first-order valence-corrected chi connectivity index (χ1v) is 7.81. The van der Waals surface area contributed by atoms with Gasteiger partial charge in [0.1, 0.15) is 5.78 Å². The smallest absolute Gasteiger partial charge is 0.224 e. The number of allylic oxidation sites excluding steroid dienone is 3. The van der Waals surface area contributed by atoms with Crippen molar-refractivity contribution < 1.29 is 19.1 Å². The topological polar surface area (TPSA) is 60.4 Å². The lowest BCUT2D eigenvalue weighted by Gasteiger charge is -2.54. The number of methoxy groups -OCH3 is 1. The number of ketones is 3. The Hall–Kier alpha value is -1.71. The molecule has 0 bridgehead atoms. The van der Waals surface area contributed by atoms with Crippen LogP contribution in [0.5, 0.6) is 0 Å². The van der Waals surface area contributed by atoms with Gasteiger partial charge in [-0.05, 0) is 24.2 Å². The predicted octanol–water partition coefficient (Wildman–Crippen LogP) is 2.77. The van der Waals surface area contributed by atoms with Crippen molar-refractivity contribution in [1.29, 1.82) is 0 Å². The van der Waals surface area contributed by atoms with Crippen molar-refractivity contribution in [2.75, 3.05) is 7.11 Å². The van der Waals surface area contributed by atoms with E-state index in [1.807, 2.05) is 6.92 Å². The molecule has 0 heterocycles. The molecule has 118 valence electrons. The van der Waals surface area contributed by atoms with E-state index >= 15 is 0 Å². The average molecular weight is 302 g/mol. The number of hydrogen-bond donors (Lipinski definition) is 0. The van der Waals surface area contributed by atoms with Crippen molar-refractivity contribution in [3.63, 3.8) is 0 Å². The zero-order valence-corrected chi connectivity index (χ0v) is 13.6. The second-order valence-corrected chi connectivity index (χ2v) is 7.65. The van der Waals surface area contributed by atoms with Gasteiger partial charge in [0.25, 0.3) is 0 Å². The molecule has 0 aliphatic heterocycles. The maximum atomic E-state index is 12.6. The minimum atomic E-state index is -0.533. The summed E-state index contributed by atoms with van der Waals surface area (Å²) in [5, 5.41) is 0. The van der Waals surface area contributed by atoms with Gasteiger partial charge in [0, 0.05) is 35.5 Å². The number of carbonyl (C=O) groups is 3. The maximum absolute atomic E-state index is 12.6. The Labute approximate surface area is 130 Å². The highest BCUT2D eigenvalue weighted by molar-refractivity contribution is 6.22. The van der Waals surface area contributed by atoms with E-state index in [0.29, 0.717) is 30.4 Å². The van der Waals surface area contributed by atoms with Crippen molar-refractivity contribution in [2.24, 2.45) is 16.7 Å². The summed E-state index contributed by atoms with van der Waals surface area (Å²) in [4.78, 5) is 37.4. The van der Waals surface area contributed by atoms with E-state index < -0.39 is 5.41 Å². The molecular formula is C18H22O4. The predicted molar refractivity (Wildman–Crippen MR) is 81.0 cm³/mol. The Morgan fingerprint density at radius 3 is 2.45 bits per heavy atom. The molecule has 0 spiro atoms. The number of rotatable bonds is 1. The minimum Gasteiger partial charge on any atom is -0.493 e. The van der Waals surface area contributed by atoms with Crippen molar-refractivity contribution >= 4 is 17.3 Å². The van der Waals surface area contributed by atoms with Gasteiger partial charge in [0.15, 0.2) is 11.5 Å². The number of fused-ring (bicyclic) bond motifs is 2. The first-order valence-electron chi connectivity index (χ1n) is 7.81. The SMILES string of the molecule is COC1=CC(=O)C2=C(CCC3C(C)(C)CC(=O)CC23C)C1=O. The first-order chi connectivity index (χ1) is 10.2. The monoisotopic (exact) mass is 302 g/mol. The molecule has 22 heavy (non-hydrogen) atoms. The Balaban J connectivity index is 2.15. The molecule has 0 N–H and O–H groups in total. The summed E-state index contributed by atoms with van der Waals surface area (Å²) in [5.41, 5.74) is 0.454. The fourth-order valence-electron chi connectivity index (χ4n) is 5.03. The van der Waals surface area contributed by atoms with Crippen LogP contribution in [-0.4, -0.2) is 24.5 Å². The Bertz CT molecular complexity index is 650. The highest BCUT2D eigenvalue weighted by atomic mass is 16.5. The lowest BCUT2D eigenvalue weighted by Crippen LogP contribution is -2.51. The van der Waals surface area contributed by atoms with Crippen LogP contribution in [0.2, 0.25) is 0 Å². The molecule has 0 aromatic heterocycles. The molecule has 4 heteroatoms. The summed E-state index contributed by atoms with van der Waals surface area (Å²) in [6, 6.07) is 0. The summed E-state index contributed by atoms with van der Waals surface area (Å²) in [7, 11) is 1.41. The van der Waals surface area contributed by atoms with Gasteiger partial charge < -0.3 is 4.74 Å². The highest BCUT2D eigenvalue weighted by Gasteiger charge is 2.56. The summed E-state index contributed by atoms with van der Waals surface area (Å²) < 4.78 is 5.04. The third-order valence-electron chi connectivity index (χ3n) is 5.71. The van der Waals surface area contributed by atoms with Crippen molar-refractivity contribution in [1.82, 2.24) is 0 Å². The van der Waals surface area contributed by atoms with Crippen LogP contribution in [0.1, 0.15) is 46.5 Å². The van der Waals surface area contributed by atoms with E-state index in [0.717, 1.165) is 6.42 Å². The quantitative estimate of drug-likeness (QED) is 0.699. The van der Waals surface area contributed by atoms with Crippen LogP contribution in [-0.2, 0) is 19.1 Å². The van der Waals surface area contributed by atoms with Crippen LogP contribution < -0.4 is 0 Å². The van der Waals surface area contributed by atoms with E-state index in [-0.39, 0.29) is 34.4 Å². The van der Waals surface area contributed by atoms with E-state index in [1.165, 1.54) is 13.2 Å². The van der Waals surface area contributed by atoms with Crippen LogP contribution in [0.15, 0.2) is 23.0 Å². The second kappa shape index (κ2) is 4.64. The fraction of sp³-hybridized carbons (Fsp3) is 0.611. The molecule has 3 aliphatic carbocycles. The van der Waals surface area contributed by atoms with Gasteiger partial charge in [-0.25, -0.2) is 0 Å². The lowest BCUT2D eigenvalue weighted by atomic mass is 9.49. The van der Waals surface area contributed by atoms with Gasteiger partial charge in [-0.15, -0.1) is 0 Å². The second-order valence-electron chi connectivity index (χ2n) is 7.65. The van der Waals surface area contributed by atoms with E-state index in [1.54, 1.807) is 0 Å². The number of hydrogen-bond acceptors (Lipinski definition) is 4. The third-order valence-corrected chi connectivity index (χ3v) is 5.71. The summed E-state index contributed by atoms with van der Waals surface area (Å²) in [6.07, 6.45) is 3.64. The zero-order valence-electron chi connectivity index (χ0n) is 13.6. The number of Topliss-reactive ketones (excluding diaryl/α,β-unsaturated/α-hetero) is 2. The van der Waals surface area contributed by atoms with E-state index in [9.17, 15) is 14.4 Å². The van der Waals surface area contributed by atoms with Gasteiger partial charge >= 0.3 is 0 Å². The average Bonchev–Trinajstić information content (AvgIpc) is 2.39. The lowest BCUT2D eigenvalue weighted by molar-refractivity contribution is -0.133. The van der Waals surface area contributed by atoms with Crippen LogP contribution in [0, 0.1) is 16.7 Å². The molecule has 0 saturated heterocycles.